The molecule has 0 saturated carbocycles. The number of amides is 2. The molecule has 0 atom stereocenters. The molecule has 0 aliphatic carbocycles. The molecule has 3 rings (SSSR count). The smallest absolute Gasteiger partial charge is 0.353 e. The van der Waals surface area contributed by atoms with E-state index in [0.717, 1.165) is 12.7 Å². The van der Waals surface area contributed by atoms with Crippen LogP contribution in [0.4, 0.5) is 0 Å². The average Bonchev–Trinajstić information content (AvgIpc) is 3.13. The molecule has 0 radical (unpaired) electrons. The summed E-state index contributed by atoms with van der Waals surface area (Å²) in [6, 6.07) is 11.5. The van der Waals surface area contributed by atoms with E-state index >= 15 is 0 Å². The Hall–Kier alpha value is -3.76. The van der Waals surface area contributed by atoms with E-state index in [1.54, 1.807) is 45.0 Å². The number of methoxy groups -OCH3 is 1. The van der Waals surface area contributed by atoms with Crippen LogP contribution in [0.5, 0.6) is 0 Å². The van der Waals surface area contributed by atoms with E-state index in [1.165, 1.54) is 17.0 Å². The van der Waals surface area contributed by atoms with E-state index in [-0.39, 0.29) is 22.8 Å². The largest absolute Gasteiger partial charge is 0.464 e. The molecule has 2 N–H and O–H groups in total. The van der Waals surface area contributed by atoms with Crippen molar-refractivity contribution in [3.63, 3.8) is 0 Å². The third-order valence-corrected chi connectivity index (χ3v) is 6.94. The Labute approximate surface area is 204 Å². The highest BCUT2D eigenvalue weighted by atomic mass is 32.2. The highest BCUT2D eigenvalue weighted by Crippen LogP contribution is 2.34. The topological polar surface area (TPSA) is 122 Å². The number of sulfonamides is 1. The Morgan fingerprint density at radius 1 is 1.03 bits per heavy atom. The molecule has 9 nitrogen and oxygen atoms in total. The maximum Gasteiger partial charge on any atom is 0.353 e. The third kappa shape index (κ3) is 5.50. The monoisotopic (exact) mass is 497 g/mol. The van der Waals surface area contributed by atoms with Crippen molar-refractivity contribution in [2.45, 2.75) is 37.8 Å². The summed E-state index contributed by atoms with van der Waals surface area (Å²) in [6.45, 7) is 12.5. The van der Waals surface area contributed by atoms with E-state index in [9.17, 15) is 22.8 Å². The standard InChI is InChI=1S/C25H27N3O6S/c1-15(24(31)34-6)26-22(29)16(2)28-14-21-19(8-7-9-20(21)23(28)30)17-10-12-18(13-11-17)35(32,33)27-25(3,4)5/h7-13,27H,1-2,14H2,3-6H3,(H,26,29). The van der Waals surface area contributed by atoms with Crippen LogP contribution in [0.3, 0.4) is 0 Å². The molecule has 10 heteroatoms. The van der Waals surface area contributed by atoms with Crippen LogP contribution in [-0.2, 0) is 30.9 Å². The van der Waals surface area contributed by atoms with Gasteiger partial charge in [0.05, 0.1) is 18.6 Å². The number of carbonyl (C=O) groups is 3. The van der Waals surface area contributed by atoms with E-state index < -0.39 is 33.3 Å². The molecule has 35 heavy (non-hydrogen) atoms. The van der Waals surface area contributed by atoms with Gasteiger partial charge in [-0.05, 0) is 55.7 Å². The van der Waals surface area contributed by atoms with Crippen molar-refractivity contribution in [3.8, 4) is 11.1 Å². The predicted molar refractivity (Wildman–Crippen MR) is 130 cm³/mol. The fourth-order valence-electron chi connectivity index (χ4n) is 3.60. The molecule has 0 saturated heterocycles. The normalized spacial score (nSPS) is 13.3. The maximum absolute atomic E-state index is 13.0. The van der Waals surface area contributed by atoms with Crippen LogP contribution in [0.25, 0.3) is 11.1 Å². The number of carbonyl (C=O) groups excluding carboxylic acids is 3. The molecular formula is C25H27N3O6S. The van der Waals surface area contributed by atoms with Crippen molar-refractivity contribution in [2.75, 3.05) is 7.11 Å². The molecule has 1 aliphatic rings. The first-order valence-corrected chi connectivity index (χ1v) is 12.1. The number of fused-ring (bicyclic) bond motifs is 1. The third-order valence-electron chi connectivity index (χ3n) is 5.17. The van der Waals surface area contributed by atoms with Gasteiger partial charge in [-0.15, -0.1) is 0 Å². The van der Waals surface area contributed by atoms with Crippen molar-refractivity contribution in [1.29, 1.82) is 0 Å². The van der Waals surface area contributed by atoms with E-state index in [1.807, 2.05) is 6.07 Å². The summed E-state index contributed by atoms with van der Waals surface area (Å²) in [5.74, 6) is -1.99. The van der Waals surface area contributed by atoms with E-state index in [0.29, 0.717) is 16.7 Å². The van der Waals surface area contributed by atoms with Gasteiger partial charge in [0.25, 0.3) is 11.8 Å². The van der Waals surface area contributed by atoms with Gasteiger partial charge in [-0.3, -0.25) is 14.5 Å². The second-order valence-electron chi connectivity index (χ2n) is 8.97. The maximum atomic E-state index is 13.0. The lowest BCUT2D eigenvalue weighted by atomic mass is 9.97. The summed E-state index contributed by atoms with van der Waals surface area (Å²) in [7, 11) is -2.54. The second kappa shape index (κ2) is 9.47. The molecule has 2 amide bonds. The number of ether oxygens (including phenoxy) is 1. The van der Waals surface area contributed by atoms with Crippen LogP contribution >= 0.6 is 0 Å². The molecule has 1 heterocycles. The van der Waals surface area contributed by atoms with Crippen LogP contribution in [0.1, 0.15) is 36.7 Å². The number of nitrogens with one attached hydrogen (secondary N) is 2. The molecule has 1 aliphatic heterocycles. The van der Waals surface area contributed by atoms with Crippen LogP contribution in [0.2, 0.25) is 0 Å². The van der Waals surface area contributed by atoms with Crippen molar-refractivity contribution in [2.24, 2.45) is 0 Å². The summed E-state index contributed by atoms with van der Waals surface area (Å²) in [5.41, 5.74) is 1.44. The lowest BCUT2D eigenvalue weighted by molar-refractivity contribution is -0.137. The SMILES string of the molecule is C=C(NC(=O)C(=C)N1Cc2c(cccc2-c2ccc(S(=O)(=O)NC(C)(C)C)cc2)C1=O)C(=O)OC. The fraction of sp³-hybridized carbons (Fsp3) is 0.240. The summed E-state index contributed by atoms with van der Waals surface area (Å²) in [4.78, 5) is 38.3. The number of hydrogen-bond acceptors (Lipinski definition) is 6. The van der Waals surface area contributed by atoms with Gasteiger partial charge in [0, 0.05) is 11.1 Å². The van der Waals surface area contributed by atoms with Crippen LogP contribution < -0.4 is 10.0 Å². The highest BCUT2D eigenvalue weighted by molar-refractivity contribution is 7.89. The number of nitrogens with zero attached hydrogens (tertiary/aromatic N) is 1. The fourth-order valence-corrected chi connectivity index (χ4v) is 5.02. The summed E-state index contributed by atoms with van der Waals surface area (Å²) in [5, 5.41) is 2.27. The summed E-state index contributed by atoms with van der Waals surface area (Å²) >= 11 is 0. The zero-order valence-electron chi connectivity index (χ0n) is 20.0. The van der Waals surface area contributed by atoms with Gasteiger partial charge in [0.15, 0.2) is 0 Å². The van der Waals surface area contributed by atoms with Crippen molar-refractivity contribution in [3.05, 3.63) is 78.1 Å². The molecule has 0 spiro atoms. The number of benzene rings is 2. The van der Waals surface area contributed by atoms with Crippen molar-refractivity contribution < 1.29 is 27.5 Å². The van der Waals surface area contributed by atoms with Gasteiger partial charge in [-0.1, -0.05) is 37.4 Å². The first-order chi connectivity index (χ1) is 16.2. The van der Waals surface area contributed by atoms with E-state index in [2.05, 4.69) is 27.9 Å². The molecule has 0 fully saturated rings. The molecule has 0 aromatic heterocycles. The Kier molecular flexibility index (Phi) is 7.00. The molecule has 184 valence electrons. The average molecular weight is 498 g/mol. The minimum Gasteiger partial charge on any atom is -0.464 e. The zero-order chi connectivity index (χ0) is 26.1. The Bertz CT molecular complexity index is 1340. The molecule has 0 bridgehead atoms. The number of esters is 1. The minimum atomic E-state index is -3.69. The van der Waals surface area contributed by atoms with Crippen LogP contribution in [0, 0.1) is 0 Å². The molecule has 2 aromatic rings. The molecule has 2 aromatic carbocycles. The quantitative estimate of drug-likeness (QED) is 0.448. The van der Waals surface area contributed by atoms with Crippen molar-refractivity contribution in [1.82, 2.24) is 14.9 Å². The van der Waals surface area contributed by atoms with Gasteiger partial charge in [0.2, 0.25) is 10.0 Å². The minimum absolute atomic E-state index is 0.0763. The lowest BCUT2D eigenvalue weighted by Crippen LogP contribution is -2.40. The Balaban J connectivity index is 1.86. The van der Waals surface area contributed by atoms with Crippen molar-refractivity contribution >= 4 is 27.8 Å². The number of rotatable bonds is 7. The Morgan fingerprint density at radius 2 is 1.63 bits per heavy atom. The van der Waals surface area contributed by atoms with Gasteiger partial charge in [-0.2, -0.15) is 0 Å². The summed E-state index contributed by atoms with van der Waals surface area (Å²) in [6.07, 6.45) is 0. The number of hydrogen-bond donors (Lipinski definition) is 2. The summed E-state index contributed by atoms with van der Waals surface area (Å²) < 4.78 is 32.3. The first-order valence-electron chi connectivity index (χ1n) is 10.6. The Morgan fingerprint density at radius 3 is 2.20 bits per heavy atom. The van der Waals surface area contributed by atoms with E-state index in [4.69, 9.17) is 0 Å². The molecule has 0 unspecified atom stereocenters. The second-order valence-corrected chi connectivity index (χ2v) is 10.7. The molecular weight excluding hydrogens is 470 g/mol. The van der Waals surface area contributed by atoms with Crippen LogP contribution in [-0.4, -0.2) is 43.8 Å². The first kappa shape index (κ1) is 25.9. The van der Waals surface area contributed by atoms with Gasteiger partial charge < -0.3 is 10.1 Å². The van der Waals surface area contributed by atoms with Crippen LogP contribution in [0.15, 0.2) is 71.9 Å². The predicted octanol–water partition coefficient (Wildman–Crippen LogP) is 2.70. The highest BCUT2D eigenvalue weighted by Gasteiger charge is 2.33. The zero-order valence-corrected chi connectivity index (χ0v) is 20.8. The van der Waals surface area contributed by atoms with Gasteiger partial charge in [0.1, 0.15) is 11.4 Å². The lowest BCUT2D eigenvalue weighted by Gasteiger charge is -2.20. The van der Waals surface area contributed by atoms with Gasteiger partial charge >= 0.3 is 5.97 Å². The van der Waals surface area contributed by atoms with Gasteiger partial charge in [-0.25, -0.2) is 17.9 Å².